The van der Waals surface area contributed by atoms with Gasteiger partial charge in [0.2, 0.25) is 5.91 Å². The summed E-state index contributed by atoms with van der Waals surface area (Å²) in [6.45, 7) is 4.69. The van der Waals surface area contributed by atoms with E-state index in [1.807, 2.05) is 36.9 Å². The van der Waals surface area contributed by atoms with Crippen LogP contribution in [0.4, 0.5) is 0 Å². The lowest BCUT2D eigenvalue weighted by Gasteiger charge is -2.22. The lowest BCUT2D eigenvalue weighted by Crippen LogP contribution is -2.32. The first-order valence-electron chi connectivity index (χ1n) is 8.38. The molecule has 0 bridgehead atoms. The van der Waals surface area contributed by atoms with E-state index in [0.29, 0.717) is 6.42 Å². The number of rotatable bonds is 3. The summed E-state index contributed by atoms with van der Waals surface area (Å²) in [5.41, 5.74) is 3.24. The van der Waals surface area contributed by atoms with Gasteiger partial charge in [-0.25, -0.2) is 4.98 Å². The van der Waals surface area contributed by atoms with Crippen LogP contribution < -0.4 is 0 Å². The molecule has 6 heteroatoms. The minimum absolute atomic E-state index is 0.00652. The number of amides is 1. The Kier molecular flexibility index (Phi) is 3.59. The zero-order chi connectivity index (χ0) is 16.7. The van der Waals surface area contributed by atoms with Crippen LogP contribution in [0, 0.1) is 13.8 Å². The minimum Gasteiger partial charge on any atom is -0.358 e. The molecule has 1 aliphatic heterocycles. The highest BCUT2D eigenvalue weighted by Crippen LogP contribution is 2.31. The van der Waals surface area contributed by atoms with Gasteiger partial charge in [-0.05, 0) is 38.3 Å². The molecule has 0 spiro atoms. The molecule has 1 saturated heterocycles. The molecule has 0 radical (unpaired) electrons. The molecule has 3 heterocycles. The predicted molar refractivity (Wildman–Crippen MR) is 91.5 cm³/mol. The Hall–Kier alpha value is -2.63. The van der Waals surface area contributed by atoms with Crippen molar-refractivity contribution in [3.8, 4) is 0 Å². The summed E-state index contributed by atoms with van der Waals surface area (Å²) in [6.07, 6.45) is 2.34. The molecule has 0 unspecified atom stereocenters. The maximum atomic E-state index is 12.9. The molecule has 6 nitrogen and oxygen atoms in total. The second-order valence-electron chi connectivity index (χ2n) is 6.48. The summed E-state index contributed by atoms with van der Waals surface area (Å²) < 4.78 is 0. The largest absolute Gasteiger partial charge is 0.358 e. The first kappa shape index (κ1) is 14.9. The average molecular weight is 323 g/mol. The number of hydrogen-bond acceptors (Lipinski definition) is 3. The third-order valence-electron chi connectivity index (χ3n) is 4.84. The molecule has 1 fully saturated rings. The number of carbonyl (C=O) groups is 1. The molecule has 0 saturated carbocycles. The molecule has 1 aliphatic rings. The highest BCUT2D eigenvalue weighted by atomic mass is 16.2. The fourth-order valence-electron chi connectivity index (χ4n) is 3.66. The number of H-pyrrole nitrogens is 2. The number of benzene rings is 1. The standard InChI is InChI=1S/C18H21N5O/c1-11-14(13-6-3-4-7-15(13)19-11)10-17(24)23-9-5-8-16(23)18-20-12(2)21-22-18/h3-4,6-7,16,19H,5,8-10H2,1-2H3,(H,20,21,22)/t16-/m1/s1. The maximum absolute atomic E-state index is 12.9. The maximum Gasteiger partial charge on any atom is 0.227 e. The lowest BCUT2D eigenvalue weighted by atomic mass is 10.1. The van der Waals surface area contributed by atoms with Crippen molar-refractivity contribution in [3.63, 3.8) is 0 Å². The molecule has 1 atom stereocenters. The molecule has 24 heavy (non-hydrogen) atoms. The third-order valence-corrected chi connectivity index (χ3v) is 4.84. The van der Waals surface area contributed by atoms with Crippen molar-refractivity contribution >= 4 is 16.8 Å². The van der Waals surface area contributed by atoms with E-state index >= 15 is 0 Å². The van der Waals surface area contributed by atoms with E-state index in [9.17, 15) is 4.79 Å². The number of aromatic nitrogens is 4. The molecule has 0 aliphatic carbocycles. The van der Waals surface area contributed by atoms with Crippen molar-refractivity contribution < 1.29 is 4.79 Å². The van der Waals surface area contributed by atoms with Crippen LogP contribution in [0.2, 0.25) is 0 Å². The molecule has 2 aromatic heterocycles. The van der Waals surface area contributed by atoms with Crippen LogP contribution in [0.25, 0.3) is 10.9 Å². The van der Waals surface area contributed by atoms with Crippen molar-refractivity contribution in [2.24, 2.45) is 0 Å². The predicted octanol–water partition coefficient (Wildman–Crippen LogP) is 2.81. The Labute approximate surface area is 140 Å². The van der Waals surface area contributed by atoms with Crippen LogP contribution in [-0.4, -0.2) is 37.5 Å². The second-order valence-corrected chi connectivity index (χ2v) is 6.48. The summed E-state index contributed by atoms with van der Waals surface area (Å²) in [6, 6.07) is 8.13. The smallest absolute Gasteiger partial charge is 0.227 e. The molecule has 1 aromatic carbocycles. The van der Waals surface area contributed by atoms with E-state index in [1.165, 1.54) is 0 Å². The molecular formula is C18H21N5O. The number of fused-ring (bicyclic) bond motifs is 1. The Morgan fingerprint density at radius 2 is 2.17 bits per heavy atom. The molecule has 4 rings (SSSR count). The number of carbonyl (C=O) groups excluding carboxylic acids is 1. The molecule has 3 aromatic rings. The van der Waals surface area contributed by atoms with Crippen molar-refractivity contribution in [3.05, 3.63) is 47.2 Å². The number of hydrogen-bond donors (Lipinski definition) is 2. The topological polar surface area (TPSA) is 77.7 Å². The van der Waals surface area contributed by atoms with Gasteiger partial charge in [0.15, 0.2) is 5.82 Å². The number of likely N-dealkylation sites (tertiary alicyclic amines) is 1. The fourth-order valence-corrected chi connectivity index (χ4v) is 3.66. The number of aryl methyl sites for hydroxylation is 2. The Balaban J connectivity index is 1.60. The van der Waals surface area contributed by atoms with Gasteiger partial charge in [-0.15, -0.1) is 0 Å². The zero-order valence-electron chi connectivity index (χ0n) is 14.0. The number of aromatic amines is 2. The van der Waals surface area contributed by atoms with Gasteiger partial charge in [0, 0.05) is 23.1 Å². The number of para-hydroxylation sites is 1. The summed E-state index contributed by atoms with van der Waals surface area (Å²) in [4.78, 5) is 22.7. The zero-order valence-corrected chi connectivity index (χ0v) is 14.0. The quantitative estimate of drug-likeness (QED) is 0.778. The summed E-state index contributed by atoms with van der Waals surface area (Å²) >= 11 is 0. The van der Waals surface area contributed by atoms with E-state index in [-0.39, 0.29) is 11.9 Å². The van der Waals surface area contributed by atoms with Gasteiger partial charge in [0.1, 0.15) is 5.82 Å². The van der Waals surface area contributed by atoms with Crippen LogP contribution in [0.5, 0.6) is 0 Å². The van der Waals surface area contributed by atoms with E-state index in [2.05, 4.69) is 26.2 Å². The first-order valence-corrected chi connectivity index (χ1v) is 8.38. The van der Waals surface area contributed by atoms with Gasteiger partial charge in [0.25, 0.3) is 0 Å². The van der Waals surface area contributed by atoms with Gasteiger partial charge in [-0.3, -0.25) is 9.89 Å². The van der Waals surface area contributed by atoms with Crippen molar-refractivity contribution in [1.82, 2.24) is 25.1 Å². The van der Waals surface area contributed by atoms with Gasteiger partial charge < -0.3 is 9.88 Å². The van der Waals surface area contributed by atoms with E-state index in [1.54, 1.807) is 0 Å². The van der Waals surface area contributed by atoms with Crippen molar-refractivity contribution in [2.75, 3.05) is 6.54 Å². The van der Waals surface area contributed by atoms with Crippen LogP contribution in [0.3, 0.4) is 0 Å². The fraction of sp³-hybridized carbons (Fsp3) is 0.389. The number of nitrogens with one attached hydrogen (secondary N) is 2. The van der Waals surface area contributed by atoms with Gasteiger partial charge in [-0.2, -0.15) is 5.10 Å². The van der Waals surface area contributed by atoms with Gasteiger partial charge in [-0.1, -0.05) is 18.2 Å². The molecule has 2 N–H and O–H groups in total. The molecule has 124 valence electrons. The van der Waals surface area contributed by atoms with Crippen LogP contribution >= 0.6 is 0 Å². The minimum atomic E-state index is -0.00652. The summed E-state index contributed by atoms with van der Waals surface area (Å²) in [7, 11) is 0. The van der Waals surface area contributed by atoms with E-state index < -0.39 is 0 Å². The van der Waals surface area contributed by atoms with Crippen LogP contribution in [0.1, 0.15) is 41.8 Å². The second kappa shape index (κ2) is 5.78. The SMILES string of the molecule is Cc1nc([C@H]2CCCN2C(=O)Cc2c(C)[nH]c3ccccc23)n[nH]1. The highest BCUT2D eigenvalue weighted by molar-refractivity contribution is 5.90. The normalized spacial score (nSPS) is 17.8. The Morgan fingerprint density at radius 1 is 1.33 bits per heavy atom. The molecular weight excluding hydrogens is 302 g/mol. The average Bonchev–Trinajstić information content (AvgIpc) is 3.27. The van der Waals surface area contributed by atoms with Crippen molar-refractivity contribution in [1.29, 1.82) is 0 Å². The van der Waals surface area contributed by atoms with Gasteiger partial charge >= 0.3 is 0 Å². The summed E-state index contributed by atoms with van der Waals surface area (Å²) in [5, 5.41) is 8.27. The third kappa shape index (κ3) is 2.48. The van der Waals surface area contributed by atoms with Crippen LogP contribution in [-0.2, 0) is 11.2 Å². The van der Waals surface area contributed by atoms with Crippen LogP contribution in [0.15, 0.2) is 24.3 Å². The Bertz CT molecular complexity index is 894. The van der Waals surface area contributed by atoms with Crippen molar-refractivity contribution in [2.45, 2.75) is 39.2 Å². The molecule has 1 amide bonds. The summed E-state index contributed by atoms with van der Waals surface area (Å²) in [5.74, 6) is 1.67. The lowest BCUT2D eigenvalue weighted by molar-refractivity contribution is -0.131. The monoisotopic (exact) mass is 323 g/mol. The van der Waals surface area contributed by atoms with E-state index in [4.69, 9.17) is 0 Å². The highest BCUT2D eigenvalue weighted by Gasteiger charge is 2.32. The van der Waals surface area contributed by atoms with E-state index in [0.717, 1.165) is 53.2 Å². The number of nitrogens with zero attached hydrogens (tertiary/aromatic N) is 3. The van der Waals surface area contributed by atoms with Gasteiger partial charge in [0.05, 0.1) is 12.5 Å². The Morgan fingerprint density at radius 3 is 2.96 bits per heavy atom. The first-order chi connectivity index (χ1) is 11.6.